The van der Waals surface area contributed by atoms with Crippen LogP contribution in [0, 0.1) is 0 Å². The number of thiophene rings is 1. The van der Waals surface area contributed by atoms with Crippen molar-refractivity contribution >= 4 is 53.3 Å². The lowest BCUT2D eigenvalue weighted by molar-refractivity contribution is 0.0456. The number of primary sulfonamides is 1. The summed E-state index contributed by atoms with van der Waals surface area (Å²) in [5.41, 5.74) is 0. The fraction of sp³-hybridized carbons (Fsp3) is 0.250. The van der Waals surface area contributed by atoms with E-state index in [1.165, 1.54) is 46.9 Å². The molecule has 1 aromatic carbocycles. The van der Waals surface area contributed by atoms with Gasteiger partial charge in [-0.3, -0.25) is 0 Å². The zero-order chi connectivity index (χ0) is 19.6. The molecule has 0 saturated heterocycles. The molecule has 11 heteroatoms. The first-order valence-corrected chi connectivity index (χ1v) is 10.9. The van der Waals surface area contributed by atoms with Crippen LogP contribution in [0.2, 0.25) is 0 Å². The number of fused-ring (bicyclic) bond motifs is 1. The summed E-state index contributed by atoms with van der Waals surface area (Å²) in [4.78, 5) is 19.8. The molecular weight excluding hydrogens is 410 g/mol. The highest BCUT2D eigenvalue weighted by molar-refractivity contribution is 7.89. The molecule has 0 radical (unpaired) electrons. The summed E-state index contributed by atoms with van der Waals surface area (Å²) in [5, 5.41) is 5.92. The van der Waals surface area contributed by atoms with Crippen LogP contribution in [0.1, 0.15) is 9.67 Å². The van der Waals surface area contributed by atoms with Gasteiger partial charge in [0.1, 0.15) is 28.7 Å². The van der Waals surface area contributed by atoms with Crippen LogP contribution in [-0.4, -0.2) is 46.7 Å². The number of thiazole rings is 1. The normalized spacial score (nSPS) is 11.5. The fourth-order valence-corrected chi connectivity index (χ4v) is 4.65. The Balaban J connectivity index is 1.50. The van der Waals surface area contributed by atoms with Crippen LogP contribution in [0.25, 0.3) is 9.53 Å². The van der Waals surface area contributed by atoms with Gasteiger partial charge in [-0.25, -0.2) is 23.3 Å². The molecule has 0 aliphatic rings. The fourth-order valence-electron chi connectivity index (χ4n) is 2.11. The van der Waals surface area contributed by atoms with Gasteiger partial charge < -0.3 is 14.4 Å². The first-order chi connectivity index (χ1) is 12.7. The predicted molar refractivity (Wildman–Crippen MR) is 105 cm³/mol. The molecule has 0 amide bonds. The molecule has 0 aliphatic carbocycles. The van der Waals surface area contributed by atoms with E-state index < -0.39 is 16.0 Å². The number of sulfonamides is 1. The van der Waals surface area contributed by atoms with Gasteiger partial charge in [-0.1, -0.05) is 11.3 Å². The van der Waals surface area contributed by atoms with E-state index in [9.17, 15) is 13.2 Å². The second-order valence-corrected chi connectivity index (χ2v) is 9.27. The van der Waals surface area contributed by atoms with Gasteiger partial charge in [0.05, 0.1) is 9.60 Å². The summed E-state index contributed by atoms with van der Waals surface area (Å²) in [6, 6.07) is 7.46. The summed E-state index contributed by atoms with van der Waals surface area (Å²) in [7, 11) is 0.102. The second kappa shape index (κ2) is 7.80. The number of carbonyl (C=O) groups excluding carboxylic acids is 1. The van der Waals surface area contributed by atoms with Crippen LogP contribution in [0.5, 0.6) is 5.75 Å². The number of ether oxygens (including phenoxy) is 2. The second-order valence-electron chi connectivity index (χ2n) is 5.67. The third kappa shape index (κ3) is 4.75. The van der Waals surface area contributed by atoms with E-state index in [2.05, 4.69) is 4.98 Å². The molecule has 0 spiro atoms. The van der Waals surface area contributed by atoms with Gasteiger partial charge in [0, 0.05) is 14.1 Å². The highest BCUT2D eigenvalue weighted by Gasteiger charge is 2.16. The zero-order valence-corrected chi connectivity index (χ0v) is 17.0. The average molecular weight is 428 g/mol. The van der Waals surface area contributed by atoms with Crippen molar-refractivity contribution in [2.45, 2.75) is 4.90 Å². The lowest BCUT2D eigenvalue weighted by atomic mass is 10.3. The SMILES string of the molecule is CN(C)c1nc2sc(C(=O)OCCOc3ccc(S(N)(=O)=O)cc3)cc2s1. The molecule has 0 unspecified atom stereocenters. The summed E-state index contributed by atoms with van der Waals surface area (Å²) in [6.45, 7) is 0.209. The summed E-state index contributed by atoms with van der Waals surface area (Å²) in [5.74, 6) is 0.0280. The zero-order valence-electron chi connectivity index (χ0n) is 14.5. The van der Waals surface area contributed by atoms with Gasteiger partial charge in [-0.15, -0.1) is 11.3 Å². The number of hydrogen-bond donors (Lipinski definition) is 1. The number of nitrogens with two attached hydrogens (primary N) is 1. The van der Waals surface area contributed by atoms with E-state index in [0.29, 0.717) is 10.6 Å². The number of nitrogens with zero attached hydrogens (tertiary/aromatic N) is 2. The molecule has 0 aliphatic heterocycles. The Kier molecular flexibility index (Phi) is 5.65. The first kappa shape index (κ1) is 19.5. The molecule has 144 valence electrons. The smallest absolute Gasteiger partial charge is 0.348 e. The Bertz CT molecular complexity index is 1020. The monoisotopic (exact) mass is 427 g/mol. The Hall–Kier alpha value is -2.21. The van der Waals surface area contributed by atoms with Crippen LogP contribution in [0.4, 0.5) is 5.13 Å². The molecule has 2 N–H and O–H groups in total. The third-order valence-electron chi connectivity index (χ3n) is 3.40. The highest BCUT2D eigenvalue weighted by Crippen LogP contribution is 2.34. The van der Waals surface area contributed by atoms with E-state index in [1.807, 2.05) is 19.0 Å². The largest absolute Gasteiger partial charge is 0.490 e. The van der Waals surface area contributed by atoms with E-state index in [0.717, 1.165) is 14.7 Å². The molecule has 2 heterocycles. The molecule has 0 saturated carbocycles. The molecule has 8 nitrogen and oxygen atoms in total. The number of aromatic nitrogens is 1. The molecule has 2 aromatic heterocycles. The first-order valence-electron chi connectivity index (χ1n) is 7.74. The minimum absolute atomic E-state index is 0.00461. The van der Waals surface area contributed by atoms with Gasteiger partial charge in [0.15, 0.2) is 5.13 Å². The summed E-state index contributed by atoms with van der Waals surface area (Å²) < 4.78 is 33.9. The van der Waals surface area contributed by atoms with Gasteiger partial charge in [-0.2, -0.15) is 0 Å². The number of rotatable bonds is 7. The Morgan fingerprint density at radius 1 is 1.19 bits per heavy atom. The van der Waals surface area contributed by atoms with Crippen LogP contribution >= 0.6 is 22.7 Å². The number of anilines is 1. The van der Waals surface area contributed by atoms with Crippen molar-refractivity contribution < 1.29 is 22.7 Å². The van der Waals surface area contributed by atoms with Crippen molar-refractivity contribution in [2.24, 2.45) is 5.14 Å². The lowest BCUT2D eigenvalue weighted by Crippen LogP contribution is -2.13. The molecule has 3 aromatic rings. The Labute approximate surface area is 164 Å². The van der Waals surface area contributed by atoms with E-state index >= 15 is 0 Å². The van der Waals surface area contributed by atoms with Crippen LogP contribution < -0.4 is 14.8 Å². The van der Waals surface area contributed by atoms with Crippen LogP contribution in [0.15, 0.2) is 35.2 Å². The molecule has 27 heavy (non-hydrogen) atoms. The van der Waals surface area contributed by atoms with Crippen molar-refractivity contribution in [3.8, 4) is 5.75 Å². The Morgan fingerprint density at radius 2 is 1.89 bits per heavy atom. The molecule has 0 bridgehead atoms. The lowest BCUT2D eigenvalue weighted by Gasteiger charge is -2.07. The molecule has 0 fully saturated rings. The number of hydrogen-bond acceptors (Lipinski definition) is 9. The van der Waals surface area contributed by atoms with Crippen molar-refractivity contribution in [1.29, 1.82) is 0 Å². The van der Waals surface area contributed by atoms with E-state index in [-0.39, 0.29) is 18.1 Å². The van der Waals surface area contributed by atoms with Crippen molar-refractivity contribution in [1.82, 2.24) is 4.98 Å². The van der Waals surface area contributed by atoms with E-state index in [1.54, 1.807) is 6.07 Å². The van der Waals surface area contributed by atoms with Crippen molar-refractivity contribution in [3.05, 3.63) is 35.2 Å². The van der Waals surface area contributed by atoms with Gasteiger partial charge in [-0.05, 0) is 30.3 Å². The summed E-state index contributed by atoms with van der Waals surface area (Å²) >= 11 is 2.80. The van der Waals surface area contributed by atoms with Gasteiger partial charge in [0.2, 0.25) is 10.0 Å². The van der Waals surface area contributed by atoms with E-state index in [4.69, 9.17) is 14.6 Å². The standard InChI is InChI=1S/C16H17N3O5S3/c1-19(2)16-18-14-12(26-16)9-13(25-14)15(20)24-8-7-23-10-3-5-11(6-4-10)27(17,21)22/h3-6,9H,7-8H2,1-2H3,(H2,17,21,22). The maximum atomic E-state index is 12.1. The topological polar surface area (TPSA) is 112 Å². The summed E-state index contributed by atoms with van der Waals surface area (Å²) in [6.07, 6.45) is 0. The van der Waals surface area contributed by atoms with Crippen molar-refractivity contribution in [2.75, 3.05) is 32.2 Å². The maximum absolute atomic E-state index is 12.1. The van der Waals surface area contributed by atoms with Crippen LogP contribution in [-0.2, 0) is 14.8 Å². The average Bonchev–Trinajstić information content (AvgIpc) is 3.17. The Morgan fingerprint density at radius 3 is 2.48 bits per heavy atom. The minimum Gasteiger partial charge on any atom is -0.490 e. The predicted octanol–water partition coefficient (Wildman–Crippen LogP) is 2.31. The van der Waals surface area contributed by atoms with Gasteiger partial charge in [0.25, 0.3) is 0 Å². The molecule has 0 atom stereocenters. The number of benzene rings is 1. The highest BCUT2D eigenvalue weighted by atomic mass is 32.2. The van der Waals surface area contributed by atoms with Gasteiger partial charge >= 0.3 is 5.97 Å². The van der Waals surface area contributed by atoms with Crippen molar-refractivity contribution in [3.63, 3.8) is 0 Å². The third-order valence-corrected chi connectivity index (χ3v) is 6.64. The maximum Gasteiger partial charge on any atom is 0.348 e. The number of esters is 1. The molecular formula is C16H17N3O5S3. The number of carbonyl (C=O) groups is 1. The molecule has 3 rings (SSSR count). The minimum atomic E-state index is -3.73. The quantitative estimate of drug-likeness (QED) is 0.455. The van der Waals surface area contributed by atoms with Crippen LogP contribution in [0.3, 0.4) is 0 Å².